The van der Waals surface area contributed by atoms with Crippen LogP contribution < -0.4 is 5.32 Å². The molecule has 1 N–H and O–H groups in total. The molecule has 0 saturated heterocycles. The minimum atomic E-state index is -0.0152. The zero-order valence-corrected chi connectivity index (χ0v) is 9.93. The molecule has 0 radical (unpaired) electrons. The Hall–Kier alpha value is -1.61. The Kier molecular flexibility index (Phi) is 3.06. The Morgan fingerprint density at radius 3 is 2.94 bits per heavy atom. The van der Waals surface area contributed by atoms with Crippen LogP contribution in [0.1, 0.15) is 15.2 Å². The van der Waals surface area contributed by atoms with Crippen LogP contribution in [-0.2, 0) is 0 Å². The maximum absolute atomic E-state index is 11.8. The van der Waals surface area contributed by atoms with E-state index in [0.717, 1.165) is 20.5 Å². The first-order valence-electron chi connectivity index (χ1n) is 5.11. The lowest BCUT2D eigenvalue weighted by atomic mass is 10.1. The van der Waals surface area contributed by atoms with Gasteiger partial charge >= 0.3 is 0 Å². The molecular formula is C13H13NOS. The zero-order chi connectivity index (χ0) is 11.5. The lowest BCUT2D eigenvalue weighted by molar-refractivity contribution is 0.0961. The molecule has 16 heavy (non-hydrogen) atoms. The third-order valence-corrected chi connectivity index (χ3v) is 3.73. The van der Waals surface area contributed by atoms with Crippen molar-refractivity contribution < 1.29 is 4.79 Å². The van der Waals surface area contributed by atoms with E-state index < -0.39 is 0 Å². The van der Waals surface area contributed by atoms with E-state index in [1.165, 1.54) is 11.3 Å². The molecule has 2 aromatic rings. The summed E-state index contributed by atoms with van der Waals surface area (Å²) in [6.07, 6.45) is 1.68. The van der Waals surface area contributed by atoms with Crippen molar-refractivity contribution in [3.63, 3.8) is 0 Å². The number of fused-ring (bicyclic) bond motifs is 1. The summed E-state index contributed by atoms with van der Waals surface area (Å²) in [5.41, 5.74) is 1.06. The number of thiophene rings is 1. The Labute approximate surface area is 98.6 Å². The second-order valence-corrected chi connectivity index (χ2v) is 4.60. The van der Waals surface area contributed by atoms with Crippen LogP contribution in [0.25, 0.3) is 10.1 Å². The fourth-order valence-corrected chi connectivity index (χ4v) is 2.76. The van der Waals surface area contributed by atoms with E-state index in [9.17, 15) is 4.79 Å². The number of rotatable bonds is 3. The summed E-state index contributed by atoms with van der Waals surface area (Å²) in [6, 6.07) is 8.07. The second-order valence-electron chi connectivity index (χ2n) is 3.55. The highest BCUT2D eigenvalue weighted by Crippen LogP contribution is 2.30. The molecule has 2 nitrogen and oxygen atoms in total. The number of benzene rings is 1. The van der Waals surface area contributed by atoms with Gasteiger partial charge in [-0.05, 0) is 23.9 Å². The molecule has 2 rings (SSSR count). The lowest BCUT2D eigenvalue weighted by Gasteiger charge is -2.00. The van der Waals surface area contributed by atoms with Crippen molar-refractivity contribution in [2.45, 2.75) is 6.92 Å². The van der Waals surface area contributed by atoms with Crippen LogP contribution in [0.5, 0.6) is 0 Å². The number of amides is 1. The van der Waals surface area contributed by atoms with Crippen molar-refractivity contribution in [3.05, 3.63) is 47.4 Å². The van der Waals surface area contributed by atoms with E-state index in [2.05, 4.69) is 11.9 Å². The van der Waals surface area contributed by atoms with Gasteiger partial charge in [0, 0.05) is 11.2 Å². The van der Waals surface area contributed by atoms with E-state index in [1.54, 1.807) is 6.08 Å². The first-order chi connectivity index (χ1) is 7.74. The van der Waals surface area contributed by atoms with Gasteiger partial charge in [-0.3, -0.25) is 4.79 Å². The smallest absolute Gasteiger partial charge is 0.261 e. The van der Waals surface area contributed by atoms with E-state index >= 15 is 0 Å². The van der Waals surface area contributed by atoms with Gasteiger partial charge in [0.1, 0.15) is 0 Å². The third-order valence-electron chi connectivity index (χ3n) is 2.46. The molecule has 1 heterocycles. The van der Waals surface area contributed by atoms with Gasteiger partial charge in [0.25, 0.3) is 5.91 Å². The average molecular weight is 231 g/mol. The van der Waals surface area contributed by atoms with Crippen LogP contribution in [0, 0.1) is 6.92 Å². The minimum Gasteiger partial charge on any atom is -0.348 e. The SMILES string of the molecule is C=CCNC(=O)c1sc2ccccc2c1C. The highest BCUT2D eigenvalue weighted by molar-refractivity contribution is 7.21. The fourth-order valence-electron chi connectivity index (χ4n) is 1.64. The second kappa shape index (κ2) is 4.49. The van der Waals surface area contributed by atoms with E-state index in [0.29, 0.717) is 6.54 Å². The lowest BCUT2D eigenvalue weighted by Crippen LogP contribution is -2.22. The van der Waals surface area contributed by atoms with Gasteiger partial charge in [-0.2, -0.15) is 0 Å². The van der Waals surface area contributed by atoms with Crippen LogP contribution in [-0.4, -0.2) is 12.5 Å². The van der Waals surface area contributed by atoms with Crippen LogP contribution in [0.4, 0.5) is 0 Å². The van der Waals surface area contributed by atoms with Gasteiger partial charge in [0.2, 0.25) is 0 Å². The average Bonchev–Trinajstić information content (AvgIpc) is 2.64. The third kappa shape index (κ3) is 1.86. The predicted octanol–water partition coefficient (Wildman–Crippen LogP) is 3.13. The zero-order valence-electron chi connectivity index (χ0n) is 9.12. The van der Waals surface area contributed by atoms with Gasteiger partial charge in [-0.25, -0.2) is 0 Å². The van der Waals surface area contributed by atoms with Crippen molar-refractivity contribution in [2.24, 2.45) is 0 Å². The molecule has 3 heteroatoms. The summed E-state index contributed by atoms with van der Waals surface area (Å²) in [5, 5.41) is 3.97. The summed E-state index contributed by atoms with van der Waals surface area (Å²) < 4.78 is 1.16. The number of aryl methyl sites for hydroxylation is 1. The van der Waals surface area contributed by atoms with Crippen LogP contribution in [0.2, 0.25) is 0 Å². The number of nitrogens with one attached hydrogen (secondary N) is 1. The van der Waals surface area contributed by atoms with Gasteiger partial charge < -0.3 is 5.32 Å². The molecule has 1 amide bonds. The molecular weight excluding hydrogens is 218 g/mol. The van der Waals surface area contributed by atoms with E-state index in [4.69, 9.17) is 0 Å². The highest BCUT2D eigenvalue weighted by Gasteiger charge is 2.13. The number of hydrogen-bond acceptors (Lipinski definition) is 2. The standard InChI is InChI=1S/C13H13NOS/c1-3-8-14-13(15)12-9(2)10-6-4-5-7-11(10)16-12/h3-7H,1,8H2,2H3,(H,14,15). The maximum Gasteiger partial charge on any atom is 0.261 e. The first-order valence-corrected chi connectivity index (χ1v) is 5.93. The Bertz CT molecular complexity index is 542. The molecule has 0 fully saturated rings. The first kappa shape index (κ1) is 10.9. The maximum atomic E-state index is 11.8. The molecule has 0 unspecified atom stereocenters. The largest absolute Gasteiger partial charge is 0.348 e. The van der Waals surface area contributed by atoms with Crippen molar-refractivity contribution >= 4 is 27.3 Å². The summed E-state index contributed by atoms with van der Waals surface area (Å²) in [4.78, 5) is 12.6. The minimum absolute atomic E-state index is 0.0152. The molecule has 0 spiro atoms. The van der Waals surface area contributed by atoms with Gasteiger partial charge in [-0.1, -0.05) is 24.3 Å². The quantitative estimate of drug-likeness (QED) is 0.808. The van der Waals surface area contributed by atoms with Gasteiger partial charge in [0.15, 0.2) is 0 Å². The Balaban J connectivity index is 2.41. The van der Waals surface area contributed by atoms with Crippen molar-refractivity contribution in [1.82, 2.24) is 5.32 Å². The van der Waals surface area contributed by atoms with Gasteiger partial charge in [-0.15, -0.1) is 17.9 Å². The molecule has 1 aromatic heterocycles. The summed E-state index contributed by atoms with van der Waals surface area (Å²) in [6.45, 7) is 6.07. The normalized spacial score (nSPS) is 10.3. The molecule has 0 aliphatic heterocycles. The molecule has 0 bridgehead atoms. The molecule has 0 atom stereocenters. The molecule has 82 valence electrons. The van der Waals surface area contributed by atoms with Crippen LogP contribution >= 0.6 is 11.3 Å². The molecule has 0 saturated carbocycles. The van der Waals surface area contributed by atoms with Crippen LogP contribution in [0.3, 0.4) is 0 Å². The van der Waals surface area contributed by atoms with Gasteiger partial charge in [0.05, 0.1) is 4.88 Å². The topological polar surface area (TPSA) is 29.1 Å². The van der Waals surface area contributed by atoms with E-state index in [1.807, 2.05) is 31.2 Å². The monoisotopic (exact) mass is 231 g/mol. The fraction of sp³-hybridized carbons (Fsp3) is 0.154. The molecule has 0 aliphatic carbocycles. The van der Waals surface area contributed by atoms with Crippen molar-refractivity contribution in [3.8, 4) is 0 Å². The summed E-state index contributed by atoms with van der Waals surface area (Å²) in [5.74, 6) is -0.0152. The van der Waals surface area contributed by atoms with E-state index in [-0.39, 0.29) is 5.91 Å². The number of carbonyl (C=O) groups excluding carboxylic acids is 1. The molecule has 1 aromatic carbocycles. The predicted molar refractivity (Wildman–Crippen MR) is 69.1 cm³/mol. The van der Waals surface area contributed by atoms with Crippen molar-refractivity contribution in [2.75, 3.05) is 6.54 Å². The Morgan fingerprint density at radius 1 is 1.50 bits per heavy atom. The highest BCUT2D eigenvalue weighted by atomic mass is 32.1. The number of carbonyl (C=O) groups is 1. The van der Waals surface area contributed by atoms with Crippen LogP contribution in [0.15, 0.2) is 36.9 Å². The molecule has 0 aliphatic rings. The summed E-state index contributed by atoms with van der Waals surface area (Å²) in [7, 11) is 0. The number of hydrogen-bond donors (Lipinski definition) is 1. The van der Waals surface area contributed by atoms with Crippen molar-refractivity contribution in [1.29, 1.82) is 0 Å². The summed E-state index contributed by atoms with van der Waals surface area (Å²) >= 11 is 1.54. The Morgan fingerprint density at radius 2 is 2.25 bits per heavy atom.